The molecule has 0 radical (unpaired) electrons. The summed E-state index contributed by atoms with van der Waals surface area (Å²) in [6, 6.07) is 11.2. The summed E-state index contributed by atoms with van der Waals surface area (Å²) in [5, 5.41) is 0. The van der Waals surface area contributed by atoms with Gasteiger partial charge in [-0.2, -0.15) is 0 Å². The smallest absolute Gasteiger partial charge is 0.00514 e. The van der Waals surface area contributed by atoms with E-state index in [1.165, 1.54) is 38.0 Å². The molecule has 0 aliphatic carbocycles. The Hall–Kier alpha value is -0.860. The first-order chi connectivity index (χ1) is 8.66. The minimum absolute atomic E-state index is 0.349. The van der Waals surface area contributed by atoms with Crippen LogP contribution in [-0.2, 0) is 0 Å². The fraction of sp³-hybridized carbons (Fsp3) is 0.625. The number of rotatable bonds is 5. The summed E-state index contributed by atoms with van der Waals surface area (Å²) in [6.45, 7) is 8.10. The lowest BCUT2D eigenvalue weighted by molar-refractivity contribution is 0.304. The quantitative estimate of drug-likeness (QED) is 0.865. The first-order valence-corrected chi connectivity index (χ1v) is 7.19. The maximum atomic E-state index is 5.98. The molecule has 0 amide bonds. The van der Waals surface area contributed by atoms with E-state index in [9.17, 15) is 0 Å². The zero-order chi connectivity index (χ0) is 13.0. The van der Waals surface area contributed by atoms with E-state index in [0.717, 1.165) is 0 Å². The zero-order valence-electron chi connectivity index (χ0n) is 11.7. The average Bonchev–Trinajstić information content (AvgIpc) is 2.86. The number of benzene rings is 1. The molecule has 0 spiro atoms. The molecule has 1 saturated heterocycles. The van der Waals surface area contributed by atoms with Gasteiger partial charge in [0.05, 0.1) is 0 Å². The molecule has 1 fully saturated rings. The van der Waals surface area contributed by atoms with Crippen molar-refractivity contribution in [3.05, 3.63) is 35.9 Å². The van der Waals surface area contributed by atoms with Gasteiger partial charge >= 0.3 is 0 Å². The summed E-state index contributed by atoms with van der Waals surface area (Å²) in [6.07, 6.45) is 2.52. The Morgan fingerprint density at radius 2 is 2.00 bits per heavy atom. The highest BCUT2D eigenvalue weighted by atomic mass is 15.1. The summed E-state index contributed by atoms with van der Waals surface area (Å²) >= 11 is 0. The minimum Gasteiger partial charge on any atom is -0.328 e. The lowest BCUT2D eigenvalue weighted by Gasteiger charge is -2.20. The molecule has 1 heterocycles. The van der Waals surface area contributed by atoms with Crippen molar-refractivity contribution >= 4 is 0 Å². The Balaban J connectivity index is 1.76. The third kappa shape index (κ3) is 3.56. The van der Waals surface area contributed by atoms with Crippen LogP contribution in [0.2, 0.25) is 0 Å². The molecular formula is C16H26N2. The fourth-order valence-electron chi connectivity index (χ4n) is 2.82. The van der Waals surface area contributed by atoms with Gasteiger partial charge in [-0.3, -0.25) is 0 Å². The van der Waals surface area contributed by atoms with E-state index in [2.05, 4.69) is 49.1 Å². The van der Waals surface area contributed by atoms with Crippen molar-refractivity contribution < 1.29 is 0 Å². The van der Waals surface area contributed by atoms with Crippen molar-refractivity contribution in [1.29, 1.82) is 0 Å². The van der Waals surface area contributed by atoms with Gasteiger partial charge in [0.15, 0.2) is 0 Å². The third-order valence-electron chi connectivity index (χ3n) is 4.30. The Morgan fingerprint density at radius 1 is 1.28 bits per heavy atom. The number of nitrogens with zero attached hydrogens (tertiary/aromatic N) is 1. The highest BCUT2D eigenvalue weighted by Crippen LogP contribution is 2.22. The van der Waals surface area contributed by atoms with Crippen molar-refractivity contribution in [2.75, 3.05) is 19.6 Å². The topological polar surface area (TPSA) is 29.3 Å². The van der Waals surface area contributed by atoms with Crippen LogP contribution in [0.5, 0.6) is 0 Å². The van der Waals surface area contributed by atoms with E-state index in [4.69, 9.17) is 5.73 Å². The van der Waals surface area contributed by atoms with Gasteiger partial charge in [0.25, 0.3) is 0 Å². The SMILES string of the molecule is CC(CCN1CCC(C(C)N)C1)c1ccccc1. The first kappa shape index (κ1) is 13.6. The predicted molar refractivity (Wildman–Crippen MR) is 77.7 cm³/mol. The normalized spacial score (nSPS) is 24.1. The van der Waals surface area contributed by atoms with Gasteiger partial charge in [0.1, 0.15) is 0 Å². The van der Waals surface area contributed by atoms with Crippen molar-refractivity contribution in [2.24, 2.45) is 11.7 Å². The molecular weight excluding hydrogens is 220 g/mol. The molecule has 100 valence electrons. The Kier molecular flexibility index (Phi) is 4.79. The van der Waals surface area contributed by atoms with Crippen LogP contribution >= 0.6 is 0 Å². The van der Waals surface area contributed by atoms with Crippen molar-refractivity contribution in [1.82, 2.24) is 4.90 Å². The molecule has 1 aliphatic rings. The zero-order valence-corrected chi connectivity index (χ0v) is 11.7. The predicted octanol–water partition coefficient (Wildman–Crippen LogP) is 2.85. The van der Waals surface area contributed by atoms with Crippen LogP contribution in [0, 0.1) is 5.92 Å². The van der Waals surface area contributed by atoms with Crippen LogP contribution in [0.3, 0.4) is 0 Å². The van der Waals surface area contributed by atoms with Crippen LogP contribution in [-0.4, -0.2) is 30.6 Å². The monoisotopic (exact) mass is 246 g/mol. The molecule has 1 aromatic rings. The van der Waals surface area contributed by atoms with E-state index in [-0.39, 0.29) is 0 Å². The second-order valence-electron chi connectivity index (χ2n) is 5.81. The molecule has 18 heavy (non-hydrogen) atoms. The molecule has 2 heteroatoms. The van der Waals surface area contributed by atoms with Crippen molar-refractivity contribution in [3.8, 4) is 0 Å². The summed E-state index contributed by atoms with van der Waals surface area (Å²) in [5.41, 5.74) is 7.44. The minimum atomic E-state index is 0.349. The number of likely N-dealkylation sites (tertiary alicyclic amines) is 1. The fourth-order valence-corrected chi connectivity index (χ4v) is 2.82. The molecule has 2 nitrogen and oxygen atoms in total. The molecule has 2 rings (SSSR count). The Labute approximate surface area is 111 Å². The molecule has 1 aliphatic heterocycles. The molecule has 3 atom stereocenters. The van der Waals surface area contributed by atoms with Crippen molar-refractivity contribution in [3.63, 3.8) is 0 Å². The lowest BCUT2D eigenvalue weighted by Crippen LogP contribution is -2.30. The Bertz CT molecular complexity index is 347. The molecule has 2 N–H and O–H groups in total. The largest absolute Gasteiger partial charge is 0.328 e. The standard InChI is InChI=1S/C16H26N2/c1-13(15-6-4-3-5-7-15)8-10-18-11-9-16(12-18)14(2)17/h3-7,13-14,16H,8-12,17H2,1-2H3. The van der Waals surface area contributed by atoms with E-state index in [0.29, 0.717) is 17.9 Å². The number of hydrogen-bond donors (Lipinski definition) is 1. The Morgan fingerprint density at radius 3 is 2.61 bits per heavy atom. The summed E-state index contributed by atoms with van der Waals surface area (Å²) < 4.78 is 0. The molecule has 1 aromatic carbocycles. The second-order valence-corrected chi connectivity index (χ2v) is 5.81. The highest BCUT2D eigenvalue weighted by Gasteiger charge is 2.24. The maximum Gasteiger partial charge on any atom is 0.00514 e. The second kappa shape index (κ2) is 6.35. The summed E-state index contributed by atoms with van der Waals surface area (Å²) in [5.74, 6) is 1.36. The van der Waals surface area contributed by atoms with E-state index >= 15 is 0 Å². The van der Waals surface area contributed by atoms with E-state index in [1.807, 2.05) is 0 Å². The summed E-state index contributed by atoms with van der Waals surface area (Å²) in [4.78, 5) is 2.58. The molecule has 3 unspecified atom stereocenters. The van der Waals surface area contributed by atoms with Gasteiger partial charge in [-0.1, -0.05) is 37.3 Å². The van der Waals surface area contributed by atoms with Gasteiger partial charge in [-0.05, 0) is 50.3 Å². The molecule has 0 saturated carbocycles. The van der Waals surface area contributed by atoms with Crippen LogP contribution in [0.15, 0.2) is 30.3 Å². The highest BCUT2D eigenvalue weighted by molar-refractivity contribution is 5.18. The van der Waals surface area contributed by atoms with Crippen molar-refractivity contribution in [2.45, 2.75) is 38.6 Å². The first-order valence-electron chi connectivity index (χ1n) is 7.19. The van der Waals surface area contributed by atoms with Gasteiger partial charge in [-0.15, -0.1) is 0 Å². The van der Waals surface area contributed by atoms with Gasteiger partial charge in [-0.25, -0.2) is 0 Å². The van der Waals surface area contributed by atoms with Gasteiger partial charge < -0.3 is 10.6 Å². The van der Waals surface area contributed by atoms with E-state index < -0.39 is 0 Å². The van der Waals surface area contributed by atoms with Gasteiger partial charge in [0, 0.05) is 12.6 Å². The average molecular weight is 246 g/mol. The van der Waals surface area contributed by atoms with Crippen LogP contribution in [0.4, 0.5) is 0 Å². The maximum absolute atomic E-state index is 5.98. The van der Waals surface area contributed by atoms with Crippen LogP contribution in [0.1, 0.15) is 38.2 Å². The number of hydrogen-bond acceptors (Lipinski definition) is 2. The molecule has 0 bridgehead atoms. The van der Waals surface area contributed by atoms with E-state index in [1.54, 1.807) is 0 Å². The lowest BCUT2D eigenvalue weighted by atomic mass is 9.98. The van der Waals surface area contributed by atoms with Crippen LogP contribution in [0.25, 0.3) is 0 Å². The van der Waals surface area contributed by atoms with Crippen LogP contribution < -0.4 is 5.73 Å². The molecule has 0 aromatic heterocycles. The van der Waals surface area contributed by atoms with Gasteiger partial charge in [0.2, 0.25) is 0 Å². The number of nitrogens with two attached hydrogens (primary N) is 1. The third-order valence-corrected chi connectivity index (χ3v) is 4.30. The summed E-state index contributed by atoms with van der Waals surface area (Å²) in [7, 11) is 0.